The van der Waals surface area contributed by atoms with Crippen molar-refractivity contribution >= 4 is 154 Å². The summed E-state index contributed by atoms with van der Waals surface area (Å²) in [4.78, 5) is 79.8. The minimum atomic E-state index is -0.769. The number of benzene rings is 5. The Balaban J connectivity index is 0.000000112. The number of ether oxygens (including phenoxy) is 7. The fraction of sp³-hybridized carbons (Fsp3) is 0.317. The van der Waals surface area contributed by atoms with Crippen molar-refractivity contribution in [2.45, 2.75) is 117 Å². The van der Waals surface area contributed by atoms with Crippen LogP contribution in [-0.4, -0.2) is 49.7 Å². The van der Waals surface area contributed by atoms with Crippen LogP contribution >= 0.6 is 79.6 Å². The highest BCUT2D eigenvalue weighted by Gasteiger charge is 2.44. The van der Waals surface area contributed by atoms with Crippen LogP contribution in [0.3, 0.4) is 0 Å². The second-order valence-corrected chi connectivity index (χ2v) is 24.8. The molecular formula is C60H47Br5N2O19. The van der Waals surface area contributed by atoms with E-state index in [-0.39, 0.29) is 95.8 Å². The lowest BCUT2D eigenvalue weighted by molar-refractivity contribution is -0.401. The number of carbonyl (C=O) groups excluding carboxylic acids is 5. The van der Waals surface area contributed by atoms with Gasteiger partial charge in [0.05, 0.1) is 36.9 Å². The van der Waals surface area contributed by atoms with E-state index in [1.54, 1.807) is 19.5 Å². The van der Waals surface area contributed by atoms with E-state index in [1.807, 2.05) is 82.3 Å². The van der Waals surface area contributed by atoms with Crippen molar-refractivity contribution in [1.29, 1.82) is 0 Å². The third-order valence-corrected chi connectivity index (χ3v) is 20.8. The van der Waals surface area contributed by atoms with Crippen molar-refractivity contribution in [2.24, 2.45) is 0 Å². The zero-order valence-electron chi connectivity index (χ0n) is 45.8. The average molecular weight is 1500 g/mol. The Bertz CT molecular complexity index is 4060. The molecule has 0 saturated carbocycles. The van der Waals surface area contributed by atoms with Gasteiger partial charge in [-0.25, -0.2) is 24.0 Å². The second-order valence-electron chi connectivity index (χ2n) is 20.2. The lowest BCUT2D eigenvalue weighted by Gasteiger charge is -2.07. The lowest BCUT2D eigenvalue weighted by Crippen LogP contribution is -2.05. The third kappa shape index (κ3) is 10.4. The maximum Gasteiger partial charge on any atom is 0.434 e. The van der Waals surface area contributed by atoms with Gasteiger partial charge in [0, 0.05) is 55.6 Å². The van der Waals surface area contributed by atoms with Crippen LogP contribution in [-0.2, 0) is 23.7 Å². The summed E-state index contributed by atoms with van der Waals surface area (Å²) in [5.74, 6) is -1.13. The molecule has 0 N–H and O–H groups in total. The number of rotatable bonds is 7. The highest BCUT2D eigenvalue weighted by molar-refractivity contribution is 9.12. The summed E-state index contributed by atoms with van der Waals surface area (Å²) in [6.45, 7) is 9.71. The van der Waals surface area contributed by atoms with Gasteiger partial charge < -0.3 is 46.4 Å². The largest absolute Gasteiger partial charge is 0.476 e. The minimum absolute atomic E-state index is 0.0525. The molecule has 8 aromatic rings. The average Bonchev–Trinajstić information content (AvgIpc) is 2.18. The van der Waals surface area contributed by atoms with Gasteiger partial charge in [-0.2, -0.15) is 0 Å². The van der Waals surface area contributed by atoms with E-state index >= 15 is 0 Å². The van der Waals surface area contributed by atoms with Gasteiger partial charge in [0.25, 0.3) is 5.69 Å². The van der Waals surface area contributed by atoms with E-state index < -0.39 is 27.8 Å². The molecule has 7 aliphatic heterocycles. The molecule has 446 valence electrons. The molecule has 26 heteroatoms. The molecular weight excluding hydrogens is 1450 g/mol. The van der Waals surface area contributed by atoms with Crippen LogP contribution in [0.15, 0.2) is 97.0 Å². The Kier molecular flexibility index (Phi) is 17.0. The minimum Gasteiger partial charge on any atom is -0.476 e. The first-order valence-corrected chi connectivity index (χ1v) is 31.6. The zero-order valence-corrected chi connectivity index (χ0v) is 53.7. The van der Waals surface area contributed by atoms with Crippen LogP contribution in [0.5, 0.6) is 11.5 Å². The first-order valence-electron chi connectivity index (χ1n) is 27.1. The summed E-state index contributed by atoms with van der Waals surface area (Å²) < 4.78 is 54.3. The standard InChI is InChI=1S/2C12H10Br2O3.C12H9BrO3.C12H8N2O7.C12H10O3/c2*1-2-7-5-3-4-6-9(13)11(14)17-10(6)8(5)12(15)16-7;1-2-9-7-4-3-6-8(13)5-15-11(6)10(7)12(14)16-9;1-2-7-9-6(13(16)17)3-5-4-8(14(18)19)21-11(5)10(9)12(15)20-7;1-2-9-8-4-3-7-5-6-14-11(7)10(8)12(13)15-9/h2*3-4,7,9,11H,2H2,1H3;3-5,9H,2H2,1H3;3-4,7H,2H2,1H3;3-6,9H,2H2,1H3/t7-,9+,11+;7-,9-,11-;9-;7-;9-/m11111/s1. The number of nitro benzene ring substituents is 1. The van der Waals surface area contributed by atoms with Gasteiger partial charge in [-0.05, 0) is 92.0 Å². The van der Waals surface area contributed by atoms with Crippen LogP contribution in [0.2, 0.25) is 0 Å². The van der Waals surface area contributed by atoms with Crippen LogP contribution in [0.1, 0.15) is 198 Å². The van der Waals surface area contributed by atoms with E-state index in [9.17, 15) is 44.2 Å². The molecule has 15 rings (SSSR count). The van der Waals surface area contributed by atoms with Crippen molar-refractivity contribution in [3.63, 3.8) is 0 Å². The van der Waals surface area contributed by atoms with Gasteiger partial charge in [-0.1, -0.05) is 109 Å². The van der Waals surface area contributed by atoms with Gasteiger partial charge in [0.15, 0.2) is 15.6 Å². The quantitative estimate of drug-likeness (QED) is 0.0471. The molecule has 0 saturated heterocycles. The summed E-state index contributed by atoms with van der Waals surface area (Å²) in [5.41, 5.74) is 9.07. The van der Waals surface area contributed by atoms with E-state index in [0.29, 0.717) is 51.3 Å². The molecule has 3 aromatic heterocycles. The Morgan fingerprint density at radius 2 is 0.884 bits per heavy atom. The van der Waals surface area contributed by atoms with Crippen LogP contribution in [0, 0.1) is 20.2 Å². The molecule has 0 spiro atoms. The van der Waals surface area contributed by atoms with E-state index in [4.69, 9.17) is 46.4 Å². The van der Waals surface area contributed by atoms with E-state index in [2.05, 4.69) is 79.6 Å². The summed E-state index contributed by atoms with van der Waals surface area (Å²) >= 11 is 17.3. The Labute approximate surface area is 529 Å². The van der Waals surface area contributed by atoms with Gasteiger partial charge >= 0.3 is 35.7 Å². The summed E-state index contributed by atoms with van der Waals surface area (Å²) in [6.07, 6.45) is 5.45. The molecule has 0 fully saturated rings. The Morgan fingerprint density at radius 3 is 1.37 bits per heavy atom. The molecule has 5 aromatic carbocycles. The van der Waals surface area contributed by atoms with Crippen LogP contribution in [0.4, 0.5) is 11.6 Å². The molecule has 86 heavy (non-hydrogen) atoms. The van der Waals surface area contributed by atoms with Gasteiger partial charge in [-0.3, -0.25) is 20.2 Å². The normalized spacial score (nSPS) is 22.7. The number of fused-ring (bicyclic) bond motifs is 15. The number of hydrogen-bond acceptors (Lipinski definition) is 19. The number of alkyl halides is 4. The number of esters is 5. The maximum absolute atomic E-state index is 11.9. The molecule has 0 amide bonds. The highest BCUT2D eigenvalue weighted by atomic mass is 79.9. The molecule has 0 aliphatic carbocycles. The predicted octanol–water partition coefficient (Wildman–Crippen LogP) is 17.5. The van der Waals surface area contributed by atoms with Crippen molar-refractivity contribution < 1.29 is 80.2 Å². The molecule has 21 nitrogen and oxygen atoms in total. The van der Waals surface area contributed by atoms with Crippen molar-refractivity contribution in [2.75, 3.05) is 0 Å². The zero-order chi connectivity index (χ0) is 61.3. The van der Waals surface area contributed by atoms with Crippen LogP contribution < -0.4 is 9.47 Å². The Hall–Kier alpha value is -7.13. The third-order valence-electron chi connectivity index (χ3n) is 15.4. The number of carbonyl (C=O) groups is 5. The summed E-state index contributed by atoms with van der Waals surface area (Å²) in [5, 5.41) is 23.6. The molecule has 0 bridgehead atoms. The number of nitrogens with zero attached hydrogens (tertiary/aromatic N) is 2. The van der Waals surface area contributed by atoms with Crippen molar-refractivity contribution in [1.82, 2.24) is 0 Å². The van der Waals surface area contributed by atoms with Crippen molar-refractivity contribution in [3.8, 4) is 11.5 Å². The van der Waals surface area contributed by atoms with Gasteiger partial charge in [0.2, 0.25) is 0 Å². The fourth-order valence-electron chi connectivity index (χ4n) is 11.3. The first kappa shape index (κ1) is 60.6. The monoisotopic (exact) mass is 1490 g/mol. The number of hydrogen-bond donors (Lipinski definition) is 0. The molecule has 0 radical (unpaired) electrons. The molecule has 0 unspecified atom stereocenters. The number of nitro groups is 2. The Morgan fingerprint density at radius 1 is 0.453 bits per heavy atom. The molecule has 7 aliphatic rings. The van der Waals surface area contributed by atoms with Crippen molar-refractivity contribution in [3.05, 3.63) is 171 Å². The van der Waals surface area contributed by atoms with E-state index in [1.165, 1.54) is 0 Å². The smallest absolute Gasteiger partial charge is 0.434 e. The second kappa shape index (κ2) is 24.2. The van der Waals surface area contributed by atoms with Gasteiger partial charge in [0.1, 0.15) is 92.2 Å². The number of furan rings is 3. The topological polar surface area (TPSA) is 276 Å². The highest BCUT2D eigenvalue weighted by Crippen LogP contribution is 2.53. The fourth-order valence-corrected chi connectivity index (χ4v) is 13.6. The molecule has 9 atom stereocenters. The maximum atomic E-state index is 11.9. The summed E-state index contributed by atoms with van der Waals surface area (Å²) in [7, 11) is 0. The number of cyclic esters (lactones) is 5. The van der Waals surface area contributed by atoms with Gasteiger partial charge in [-0.15, -0.1) is 0 Å². The van der Waals surface area contributed by atoms with Crippen LogP contribution in [0.25, 0.3) is 32.9 Å². The summed E-state index contributed by atoms with van der Waals surface area (Å²) in [6, 6.07) is 19.8. The first-order chi connectivity index (χ1) is 41.2. The van der Waals surface area contributed by atoms with E-state index in [0.717, 1.165) is 86.4 Å². The SMILES string of the molecule is CC[C@H]1OC(=O)c2c1c([N+](=O)[O-])cc1cc([N+](=O)[O-])oc21.CC[C@H]1OC(=O)c2c1ccc1c(Br)coc21.CC[C@H]1OC(=O)c2c1ccc1c2O[C@@H](Br)[C@@H]1Br.CC[C@H]1OC(=O)c2c1ccc1c2O[C@H](Br)[C@H]1Br.CC[C@H]1OC(=O)c2c1ccc1ccoc21. The predicted molar refractivity (Wildman–Crippen MR) is 325 cm³/mol. The lowest BCUT2D eigenvalue weighted by atomic mass is 9.99. The molecule has 10 heterocycles. The number of halogens is 5.